The number of anilines is 1. The summed E-state index contributed by atoms with van der Waals surface area (Å²) in [6.07, 6.45) is 5.79. The third-order valence-corrected chi connectivity index (χ3v) is 4.09. The van der Waals surface area contributed by atoms with E-state index in [0.717, 1.165) is 33.8 Å². The van der Waals surface area contributed by atoms with Crippen LogP contribution in [0.5, 0.6) is 0 Å². The zero-order valence-electron chi connectivity index (χ0n) is 9.42. The van der Waals surface area contributed by atoms with Crippen molar-refractivity contribution in [1.82, 2.24) is 4.98 Å². The molecule has 1 saturated heterocycles. The molecular formula is C12H16Br2N2. The second-order valence-electron chi connectivity index (χ2n) is 4.35. The lowest BCUT2D eigenvalue weighted by molar-refractivity contribution is 0.529. The highest BCUT2D eigenvalue weighted by atomic mass is 79.9. The first-order valence-electron chi connectivity index (χ1n) is 5.76. The molecule has 0 aromatic carbocycles. The summed E-state index contributed by atoms with van der Waals surface area (Å²) in [5.74, 6) is 1.93. The minimum absolute atomic E-state index is 0.849. The standard InChI is InChI=1S/C12H16Br2N2/c1-2-3-9-4-5-16(8-9)12-11(14)6-10(13)7-15-12/h6-7,9H,2-5,8H2,1H3. The summed E-state index contributed by atoms with van der Waals surface area (Å²) in [6.45, 7) is 4.55. The molecule has 0 amide bonds. The quantitative estimate of drug-likeness (QED) is 0.813. The first-order chi connectivity index (χ1) is 7.70. The molecule has 0 aliphatic carbocycles. The molecule has 0 bridgehead atoms. The summed E-state index contributed by atoms with van der Waals surface area (Å²) in [6, 6.07) is 2.06. The highest BCUT2D eigenvalue weighted by Crippen LogP contribution is 2.31. The van der Waals surface area contributed by atoms with Crippen LogP contribution < -0.4 is 4.90 Å². The van der Waals surface area contributed by atoms with Crippen LogP contribution in [0.1, 0.15) is 26.2 Å². The van der Waals surface area contributed by atoms with E-state index in [-0.39, 0.29) is 0 Å². The Bertz CT molecular complexity index is 368. The Balaban J connectivity index is 2.08. The van der Waals surface area contributed by atoms with Gasteiger partial charge in [-0.1, -0.05) is 13.3 Å². The highest BCUT2D eigenvalue weighted by molar-refractivity contribution is 9.11. The fourth-order valence-corrected chi connectivity index (χ4v) is 3.55. The molecule has 0 N–H and O–H groups in total. The minimum Gasteiger partial charge on any atom is -0.355 e. The fraction of sp³-hybridized carbons (Fsp3) is 0.583. The van der Waals surface area contributed by atoms with Gasteiger partial charge in [0.15, 0.2) is 0 Å². The molecule has 0 radical (unpaired) electrons. The molecule has 88 valence electrons. The van der Waals surface area contributed by atoms with E-state index in [1.807, 2.05) is 6.20 Å². The summed E-state index contributed by atoms with van der Waals surface area (Å²) in [4.78, 5) is 6.87. The molecule has 1 aliphatic heterocycles. The van der Waals surface area contributed by atoms with Gasteiger partial charge in [-0.25, -0.2) is 4.98 Å². The first kappa shape index (κ1) is 12.4. The number of halogens is 2. The lowest BCUT2D eigenvalue weighted by Gasteiger charge is -2.18. The van der Waals surface area contributed by atoms with Crippen molar-refractivity contribution in [1.29, 1.82) is 0 Å². The molecule has 2 nitrogen and oxygen atoms in total. The first-order valence-corrected chi connectivity index (χ1v) is 7.35. The van der Waals surface area contributed by atoms with Gasteiger partial charge in [-0.2, -0.15) is 0 Å². The summed E-state index contributed by atoms with van der Waals surface area (Å²) < 4.78 is 2.10. The molecule has 2 heterocycles. The lowest BCUT2D eigenvalue weighted by Crippen LogP contribution is -2.21. The van der Waals surface area contributed by atoms with E-state index >= 15 is 0 Å². The maximum absolute atomic E-state index is 4.49. The number of aromatic nitrogens is 1. The van der Waals surface area contributed by atoms with Crippen molar-refractivity contribution in [2.45, 2.75) is 26.2 Å². The third kappa shape index (κ3) is 2.77. The van der Waals surface area contributed by atoms with Crippen LogP contribution >= 0.6 is 31.9 Å². The van der Waals surface area contributed by atoms with Gasteiger partial charge in [0.25, 0.3) is 0 Å². The molecule has 1 aliphatic rings. The topological polar surface area (TPSA) is 16.1 Å². The van der Waals surface area contributed by atoms with E-state index in [1.165, 1.54) is 19.3 Å². The molecule has 4 heteroatoms. The lowest BCUT2D eigenvalue weighted by atomic mass is 10.0. The number of hydrogen-bond acceptors (Lipinski definition) is 2. The number of rotatable bonds is 3. The van der Waals surface area contributed by atoms with Gasteiger partial charge in [0.05, 0.1) is 4.47 Å². The third-order valence-electron chi connectivity index (χ3n) is 3.07. The molecule has 1 aromatic rings. The number of pyridine rings is 1. The van der Waals surface area contributed by atoms with Gasteiger partial charge in [-0.15, -0.1) is 0 Å². The molecule has 16 heavy (non-hydrogen) atoms. The van der Waals surface area contributed by atoms with Crippen molar-refractivity contribution in [3.05, 3.63) is 21.2 Å². The Hall–Kier alpha value is -0.0900. The number of hydrogen-bond donors (Lipinski definition) is 0. The van der Waals surface area contributed by atoms with Crippen molar-refractivity contribution >= 4 is 37.7 Å². The molecule has 1 fully saturated rings. The van der Waals surface area contributed by atoms with Gasteiger partial charge in [0, 0.05) is 23.8 Å². The largest absolute Gasteiger partial charge is 0.355 e. The maximum atomic E-state index is 4.49. The van der Waals surface area contributed by atoms with Crippen molar-refractivity contribution < 1.29 is 0 Å². The zero-order valence-corrected chi connectivity index (χ0v) is 12.6. The van der Waals surface area contributed by atoms with Crippen molar-refractivity contribution in [2.24, 2.45) is 5.92 Å². The monoisotopic (exact) mass is 346 g/mol. The molecule has 1 unspecified atom stereocenters. The molecule has 0 spiro atoms. The Morgan fingerprint density at radius 1 is 1.50 bits per heavy atom. The molecule has 1 atom stereocenters. The van der Waals surface area contributed by atoms with E-state index in [2.05, 4.69) is 54.7 Å². The Kier molecular flexibility index (Phi) is 4.25. The van der Waals surface area contributed by atoms with Gasteiger partial charge >= 0.3 is 0 Å². The van der Waals surface area contributed by atoms with Crippen LogP contribution in [0, 0.1) is 5.92 Å². The van der Waals surface area contributed by atoms with Crippen molar-refractivity contribution in [3.8, 4) is 0 Å². The Morgan fingerprint density at radius 2 is 2.31 bits per heavy atom. The second kappa shape index (κ2) is 5.50. The summed E-state index contributed by atoms with van der Waals surface area (Å²) in [7, 11) is 0. The average molecular weight is 348 g/mol. The van der Waals surface area contributed by atoms with Crippen LogP contribution in [-0.2, 0) is 0 Å². The van der Waals surface area contributed by atoms with Gasteiger partial charge in [0.2, 0.25) is 0 Å². The van der Waals surface area contributed by atoms with Gasteiger partial charge in [-0.05, 0) is 56.7 Å². The van der Waals surface area contributed by atoms with Crippen LogP contribution in [-0.4, -0.2) is 18.1 Å². The van der Waals surface area contributed by atoms with E-state index < -0.39 is 0 Å². The SMILES string of the molecule is CCCC1CCN(c2ncc(Br)cc2Br)C1. The summed E-state index contributed by atoms with van der Waals surface area (Å²) >= 11 is 7.01. The van der Waals surface area contributed by atoms with Crippen LogP contribution in [0.25, 0.3) is 0 Å². The van der Waals surface area contributed by atoms with Crippen LogP contribution in [0.2, 0.25) is 0 Å². The normalized spacial score (nSPS) is 20.4. The maximum Gasteiger partial charge on any atom is 0.142 e. The van der Waals surface area contributed by atoms with Gasteiger partial charge in [-0.3, -0.25) is 0 Å². The van der Waals surface area contributed by atoms with Gasteiger partial charge < -0.3 is 4.90 Å². The Labute approximate surface area is 114 Å². The van der Waals surface area contributed by atoms with Crippen molar-refractivity contribution in [2.75, 3.05) is 18.0 Å². The van der Waals surface area contributed by atoms with Crippen LogP contribution in [0.3, 0.4) is 0 Å². The molecule has 2 rings (SSSR count). The summed E-state index contributed by atoms with van der Waals surface area (Å²) in [5.41, 5.74) is 0. The zero-order chi connectivity index (χ0) is 11.5. The fourth-order valence-electron chi connectivity index (χ4n) is 2.31. The van der Waals surface area contributed by atoms with Crippen LogP contribution in [0.4, 0.5) is 5.82 Å². The predicted molar refractivity (Wildman–Crippen MR) is 74.9 cm³/mol. The van der Waals surface area contributed by atoms with Crippen LogP contribution in [0.15, 0.2) is 21.2 Å². The summed E-state index contributed by atoms with van der Waals surface area (Å²) in [5, 5.41) is 0. The molecular weight excluding hydrogens is 332 g/mol. The second-order valence-corrected chi connectivity index (χ2v) is 6.12. The highest BCUT2D eigenvalue weighted by Gasteiger charge is 2.23. The molecule has 0 saturated carbocycles. The van der Waals surface area contributed by atoms with E-state index in [4.69, 9.17) is 0 Å². The number of nitrogens with zero attached hydrogens (tertiary/aromatic N) is 2. The average Bonchev–Trinajstić information content (AvgIpc) is 2.67. The Morgan fingerprint density at radius 3 is 3.00 bits per heavy atom. The smallest absolute Gasteiger partial charge is 0.142 e. The van der Waals surface area contributed by atoms with E-state index in [9.17, 15) is 0 Å². The van der Waals surface area contributed by atoms with Crippen molar-refractivity contribution in [3.63, 3.8) is 0 Å². The van der Waals surface area contributed by atoms with E-state index in [1.54, 1.807) is 0 Å². The van der Waals surface area contributed by atoms with E-state index in [0.29, 0.717) is 0 Å². The van der Waals surface area contributed by atoms with Gasteiger partial charge in [0.1, 0.15) is 5.82 Å². The predicted octanol–water partition coefficient (Wildman–Crippen LogP) is 4.23. The minimum atomic E-state index is 0.849. The molecule has 1 aromatic heterocycles.